The number of hydrogen-bond donors (Lipinski definition) is 1. The molecule has 0 saturated carbocycles. The lowest BCUT2D eigenvalue weighted by molar-refractivity contribution is 0.688. The highest BCUT2D eigenvalue weighted by atomic mass is 79.9. The van der Waals surface area contributed by atoms with Gasteiger partial charge in [0.25, 0.3) is 0 Å². The van der Waals surface area contributed by atoms with E-state index >= 15 is 0 Å². The maximum Gasteiger partial charge on any atom is 0.348 e. The maximum atomic E-state index is 11.9. The second-order valence-corrected chi connectivity index (χ2v) is 4.81. The first kappa shape index (κ1) is 12.8. The van der Waals surface area contributed by atoms with E-state index in [4.69, 9.17) is 5.73 Å². The van der Waals surface area contributed by atoms with Gasteiger partial charge in [-0.05, 0) is 35.8 Å². The Hall–Kier alpha value is -1.69. The lowest BCUT2D eigenvalue weighted by Gasteiger charge is -2.12. The summed E-state index contributed by atoms with van der Waals surface area (Å²) >= 11 is 3.43. The molecular weight excluding hydrogens is 296 g/mol. The largest absolute Gasteiger partial charge is 0.383 e. The van der Waals surface area contributed by atoms with Crippen molar-refractivity contribution in [3.8, 4) is 0 Å². The van der Waals surface area contributed by atoms with Gasteiger partial charge in [0.05, 0.1) is 16.7 Å². The second kappa shape index (κ2) is 4.89. The first-order valence-electron chi connectivity index (χ1n) is 5.43. The molecule has 0 aliphatic carbocycles. The van der Waals surface area contributed by atoms with Crippen LogP contribution in [-0.4, -0.2) is 14.5 Å². The molecule has 0 aliphatic heterocycles. The van der Waals surface area contributed by atoms with E-state index in [0.29, 0.717) is 18.1 Å². The molecule has 0 saturated heterocycles. The van der Waals surface area contributed by atoms with Gasteiger partial charge in [-0.3, -0.25) is 4.57 Å². The van der Waals surface area contributed by atoms with Gasteiger partial charge >= 0.3 is 5.69 Å². The molecule has 0 bridgehead atoms. The minimum Gasteiger partial charge on any atom is -0.383 e. The van der Waals surface area contributed by atoms with Gasteiger partial charge in [0.1, 0.15) is 5.82 Å². The molecule has 0 unspecified atom stereocenters. The molecule has 5 nitrogen and oxygen atoms in total. The van der Waals surface area contributed by atoms with Crippen LogP contribution >= 0.6 is 15.9 Å². The number of aryl methyl sites for hydroxylation is 1. The number of anilines is 1. The van der Waals surface area contributed by atoms with E-state index in [1.54, 1.807) is 23.8 Å². The number of halogens is 1. The average molecular weight is 309 g/mol. The Kier molecular flexibility index (Phi) is 3.47. The molecule has 0 amide bonds. The van der Waals surface area contributed by atoms with Gasteiger partial charge in [0.2, 0.25) is 0 Å². The molecule has 2 N–H and O–H groups in total. The minimum absolute atomic E-state index is 0.281. The van der Waals surface area contributed by atoms with Crippen molar-refractivity contribution in [2.75, 3.05) is 5.73 Å². The third kappa shape index (κ3) is 2.28. The fraction of sp³-hybridized carbons (Fsp3) is 0.250. The second-order valence-electron chi connectivity index (χ2n) is 4.01. The quantitative estimate of drug-likeness (QED) is 0.915. The smallest absolute Gasteiger partial charge is 0.348 e. The highest BCUT2D eigenvalue weighted by Crippen LogP contribution is 2.18. The molecule has 2 aromatic rings. The van der Waals surface area contributed by atoms with E-state index in [2.05, 4.69) is 25.9 Å². The molecule has 0 atom stereocenters. The predicted molar refractivity (Wildman–Crippen MR) is 73.4 cm³/mol. The summed E-state index contributed by atoms with van der Waals surface area (Å²) in [7, 11) is 0. The fourth-order valence-electron chi connectivity index (χ4n) is 1.72. The molecular formula is C12H13BrN4O. The summed E-state index contributed by atoms with van der Waals surface area (Å²) in [5.74, 6) is 0.431. The van der Waals surface area contributed by atoms with Gasteiger partial charge in [0, 0.05) is 17.5 Å². The number of hydrogen-bond acceptors (Lipinski definition) is 4. The van der Waals surface area contributed by atoms with Crippen LogP contribution in [0.2, 0.25) is 0 Å². The van der Waals surface area contributed by atoms with Crippen molar-refractivity contribution < 1.29 is 0 Å². The van der Waals surface area contributed by atoms with Crippen molar-refractivity contribution in [3.05, 3.63) is 50.2 Å². The summed E-state index contributed by atoms with van der Waals surface area (Å²) in [6.07, 6.45) is 1.62. The molecule has 0 radical (unpaired) electrons. The molecule has 0 fully saturated rings. The van der Waals surface area contributed by atoms with E-state index in [1.165, 1.54) is 0 Å². The Balaban J connectivity index is 2.51. The first-order valence-corrected chi connectivity index (χ1v) is 6.23. The van der Waals surface area contributed by atoms with Gasteiger partial charge < -0.3 is 5.73 Å². The lowest BCUT2D eigenvalue weighted by Crippen LogP contribution is -2.27. The van der Waals surface area contributed by atoms with Crippen LogP contribution in [0.5, 0.6) is 0 Å². The molecule has 2 heterocycles. The summed E-state index contributed by atoms with van der Waals surface area (Å²) in [5, 5.41) is 0. The van der Waals surface area contributed by atoms with Crippen LogP contribution in [-0.2, 0) is 6.54 Å². The standard InChI is InChI=1S/C12H13BrN4O/c1-7-10(13)8(2)17(12(18)16-7)6-9-4-3-5-15-11(9)14/h3-5H,6H2,1-2H3,(H2,14,15). The third-order valence-electron chi connectivity index (χ3n) is 2.79. The van der Waals surface area contributed by atoms with Crippen LogP contribution in [0.3, 0.4) is 0 Å². The molecule has 0 aliphatic rings. The number of nitrogens with two attached hydrogens (primary N) is 1. The van der Waals surface area contributed by atoms with Gasteiger partial charge in [-0.2, -0.15) is 4.98 Å². The Morgan fingerprint density at radius 3 is 2.83 bits per heavy atom. The van der Waals surface area contributed by atoms with E-state index in [9.17, 15) is 4.79 Å². The number of pyridine rings is 1. The molecule has 2 rings (SSSR count). The lowest BCUT2D eigenvalue weighted by atomic mass is 10.2. The van der Waals surface area contributed by atoms with Crippen molar-refractivity contribution in [1.82, 2.24) is 14.5 Å². The van der Waals surface area contributed by atoms with Crippen LogP contribution in [0.4, 0.5) is 5.82 Å². The van der Waals surface area contributed by atoms with Crippen LogP contribution in [0.25, 0.3) is 0 Å². The normalized spacial score (nSPS) is 10.6. The summed E-state index contributed by atoms with van der Waals surface area (Å²) in [6, 6.07) is 3.64. The van der Waals surface area contributed by atoms with Crippen LogP contribution in [0.1, 0.15) is 17.0 Å². The maximum absolute atomic E-state index is 11.9. The number of nitrogen functional groups attached to an aromatic ring is 1. The van der Waals surface area contributed by atoms with Crippen molar-refractivity contribution in [1.29, 1.82) is 0 Å². The topological polar surface area (TPSA) is 73.8 Å². The van der Waals surface area contributed by atoms with Gasteiger partial charge in [-0.1, -0.05) is 6.07 Å². The van der Waals surface area contributed by atoms with Crippen molar-refractivity contribution in [2.45, 2.75) is 20.4 Å². The average Bonchev–Trinajstić information content (AvgIpc) is 2.34. The van der Waals surface area contributed by atoms with Crippen molar-refractivity contribution in [3.63, 3.8) is 0 Å². The molecule has 2 aromatic heterocycles. The predicted octanol–water partition coefficient (Wildman–Crippen LogP) is 1.65. The van der Waals surface area contributed by atoms with Crippen LogP contribution in [0, 0.1) is 13.8 Å². The number of rotatable bonds is 2. The summed E-state index contributed by atoms with van der Waals surface area (Å²) < 4.78 is 2.41. The minimum atomic E-state index is -0.281. The molecule has 18 heavy (non-hydrogen) atoms. The summed E-state index contributed by atoms with van der Waals surface area (Å²) in [6.45, 7) is 4.03. The zero-order valence-electron chi connectivity index (χ0n) is 10.1. The number of aromatic nitrogens is 3. The molecule has 0 spiro atoms. The fourth-order valence-corrected chi connectivity index (χ4v) is 2.02. The van der Waals surface area contributed by atoms with E-state index in [1.807, 2.05) is 13.0 Å². The van der Waals surface area contributed by atoms with E-state index in [-0.39, 0.29) is 5.69 Å². The van der Waals surface area contributed by atoms with E-state index < -0.39 is 0 Å². The van der Waals surface area contributed by atoms with Crippen LogP contribution in [0.15, 0.2) is 27.6 Å². The van der Waals surface area contributed by atoms with Crippen LogP contribution < -0.4 is 11.4 Å². The summed E-state index contributed by atoms with van der Waals surface area (Å²) in [5.41, 5.74) is 7.82. The van der Waals surface area contributed by atoms with Gasteiger partial charge in [-0.25, -0.2) is 9.78 Å². The van der Waals surface area contributed by atoms with E-state index in [0.717, 1.165) is 15.7 Å². The molecule has 0 aromatic carbocycles. The highest BCUT2D eigenvalue weighted by Gasteiger charge is 2.10. The Bertz CT molecular complexity index is 651. The highest BCUT2D eigenvalue weighted by molar-refractivity contribution is 9.10. The van der Waals surface area contributed by atoms with Gasteiger partial charge in [-0.15, -0.1) is 0 Å². The SMILES string of the molecule is Cc1nc(=O)n(Cc2cccnc2N)c(C)c1Br. The zero-order valence-corrected chi connectivity index (χ0v) is 11.7. The number of nitrogens with zero attached hydrogens (tertiary/aromatic N) is 3. The molecule has 6 heteroatoms. The van der Waals surface area contributed by atoms with Gasteiger partial charge in [0.15, 0.2) is 0 Å². The monoisotopic (exact) mass is 308 g/mol. The van der Waals surface area contributed by atoms with Crippen molar-refractivity contribution >= 4 is 21.7 Å². The Labute approximate surface area is 113 Å². The third-order valence-corrected chi connectivity index (χ3v) is 3.94. The van der Waals surface area contributed by atoms with Crippen molar-refractivity contribution in [2.24, 2.45) is 0 Å². The molecule has 94 valence electrons. The zero-order chi connectivity index (χ0) is 13.3. The Morgan fingerprint density at radius 2 is 2.17 bits per heavy atom. The Morgan fingerprint density at radius 1 is 1.44 bits per heavy atom. The summed E-state index contributed by atoms with van der Waals surface area (Å²) in [4.78, 5) is 19.9. The first-order chi connectivity index (χ1) is 8.50.